The average molecular weight is 541 g/mol. The molecular formula is C23H36IN5O2. The summed E-state index contributed by atoms with van der Waals surface area (Å²) >= 11 is 0. The van der Waals surface area contributed by atoms with Gasteiger partial charge in [0.15, 0.2) is 5.96 Å². The summed E-state index contributed by atoms with van der Waals surface area (Å²) in [6.07, 6.45) is 8.24. The molecule has 1 fully saturated rings. The van der Waals surface area contributed by atoms with Crippen molar-refractivity contribution in [1.29, 1.82) is 0 Å². The Labute approximate surface area is 202 Å². The van der Waals surface area contributed by atoms with Crippen molar-refractivity contribution in [2.75, 3.05) is 26.7 Å². The molecule has 2 aromatic rings. The molecule has 1 heterocycles. The normalized spacial score (nSPS) is 17.5. The molecule has 1 unspecified atom stereocenters. The summed E-state index contributed by atoms with van der Waals surface area (Å²) in [6.45, 7) is 5.61. The highest BCUT2D eigenvalue weighted by Crippen LogP contribution is 2.41. The number of ether oxygens (including phenoxy) is 1. The Bertz CT molecular complexity index is 859. The van der Waals surface area contributed by atoms with Gasteiger partial charge in [0.1, 0.15) is 11.4 Å². The van der Waals surface area contributed by atoms with Crippen LogP contribution in [0.3, 0.4) is 0 Å². The smallest absolute Gasteiger partial charge is 0.191 e. The maximum Gasteiger partial charge on any atom is 0.191 e. The summed E-state index contributed by atoms with van der Waals surface area (Å²) < 4.78 is 7.14. The molecule has 7 nitrogen and oxygen atoms in total. The van der Waals surface area contributed by atoms with E-state index in [4.69, 9.17) is 4.74 Å². The van der Waals surface area contributed by atoms with E-state index in [1.54, 1.807) is 24.9 Å². The summed E-state index contributed by atoms with van der Waals surface area (Å²) in [6, 6.07) is 8.42. The van der Waals surface area contributed by atoms with Crippen molar-refractivity contribution in [3.8, 4) is 5.75 Å². The summed E-state index contributed by atoms with van der Waals surface area (Å²) in [5, 5.41) is 21.9. The second-order valence-corrected chi connectivity index (χ2v) is 8.44. The number of hydrogen-bond acceptors (Lipinski definition) is 4. The van der Waals surface area contributed by atoms with E-state index in [9.17, 15) is 5.11 Å². The van der Waals surface area contributed by atoms with Crippen LogP contribution in [-0.4, -0.2) is 47.6 Å². The quantitative estimate of drug-likeness (QED) is 0.272. The van der Waals surface area contributed by atoms with Gasteiger partial charge in [0.25, 0.3) is 0 Å². The third kappa shape index (κ3) is 6.35. The van der Waals surface area contributed by atoms with E-state index in [2.05, 4.69) is 38.9 Å². The standard InChI is InChI=1S/C23H35N5O2.HI/c1-5-24-21(25-16-22(2,29)19-14-27-28(3)15-19)26-17-23(11-6-7-12-23)18-9-8-10-20(13-18)30-4;/h8-10,13-15,29H,5-7,11-12,16-17H2,1-4H3,(H2,24,25,26);1H. The first-order valence-electron chi connectivity index (χ1n) is 10.8. The number of hydrogen-bond donors (Lipinski definition) is 3. The van der Waals surface area contributed by atoms with Gasteiger partial charge in [0, 0.05) is 37.3 Å². The fourth-order valence-corrected chi connectivity index (χ4v) is 4.19. The molecule has 1 saturated carbocycles. The molecular weight excluding hydrogens is 505 g/mol. The van der Waals surface area contributed by atoms with Crippen molar-refractivity contribution >= 4 is 29.9 Å². The third-order valence-electron chi connectivity index (χ3n) is 6.05. The van der Waals surface area contributed by atoms with Gasteiger partial charge in [-0.3, -0.25) is 4.68 Å². The van der Waals surface area contributed by atoms with Gasteiger partial charge < -0.3 is 20.5 Å². The minimum absolute atomic E-state index is 0. The number of nitrogens with zero attached hydrogens (tertiary/aromatic N) is 3. The Hall–Kier alpha value is -1.81. The molecule has 31 heavy (non-hydrogen) atoms. The van der Waals surface area contributed by atoms with Gasteiger partial charge in [0.05, 0.1) is 19.9 Å². The maximum absolute atomic E-state index is 10.9. The zero-order valence-corrected chi connectivity index (χ0v) is 21.3. The number of aryl methyl sites for hydroxylation is 1. The van der Waals surface area contributed by atoms with Crippen molar-refractivity contribution in [2.24, 2.45) is 12.0 Å². The molecule has 8 heteroatoms. The van der Waals surface area contributed by atoms with Crippen molar-refractivity contribution in [3.05, 3.63) is 47.8 Å². The van der Waals surface area contributed by atoms with Gasteiger partial charge in [-0.15, -0.1) is 24.0 Å². The number of benzene rings is 1. The maximum atomic E-state index is 10.9. The minimum atomic E-state index is -1.07. The lowest BCUT2D eigenvalue weighted by atomic mass is 9.78. The molecule has 1 aliphatic rings. The fraction of sp³-hybridized carbons (Fsp3) is 0.565. The molecule has 3 rings (SSSR count). The van der Waals surface area contributed by atoms with Crippen LogP contribution in [0, 0.1) is 0 Å². The van der Waals surface area contributed by atoms with E-state index in [1.807, 2.05) is 26.2 Å². The predicted octanol–water partition coefficient (Wildman–Crippen LogP) is 3.32. The lowest BCUT2D eigenvalue weighted by Crippen LogP contribution is -2.45. The van der Waals surface area contributed by atoms with Gasteiger partial charge in [0.2, 0.25) is 0 Å². The highest BCUT2D eigenvalue weighted by molar-refractivity contribution is 14.0. The number of rotatable bonds is 8. The second kappa shape index (κ2) is 11.2. The molecule has 1 aromatic carbocycles. The Morgan fingerprint density at radius 2 is 2.06 bits per heavy atom. The number of nitrogens with one attached hydrogen (secondary N) is 2. The van der Waals surface area contributed by atoms with Crippen LogP contribution in [0.1, 0.15) is 50.7 Å². The lowest BCUT2D eigenvalue weighted by molar-refractivity contribution is 0.0671. The van der Waals surface area contributed by atoms with Crippen LogP contribution in [0.4, 0.5) is 0 Å². The largest absolute Gasteiger partial charge is 0.497 e. The Morgan fingerprint density at radius 1 is 1.32 bits per heavy atom. The first kappa shape index (κ1) is 25.5. The second-order valence-electron chi connectivity index (χ2n) is 8.44. The predicted molar refractivity (Wildman–Crippen MR) is 135 cm³/mol. The summed E-state index contributed by atoms with van der Waals surface area (Å²) in [5.41, 5.74) is 1.06. The summed E-state index contributed by atoms with van der Waals surface area (Å²) in [4.78, 5) is 4.67. The Balaban J connectivity index is 0.00000341. The van der Waals surface area contributed by atoms with Crippen LogP contribution < -0.4 is 15.4 Å². The van der Waals surface area contributed by atoms with Gasteiger partial charge >= 0.3 is 0 Å². The lowest BCUT2D eigenvalue weighted by Gasteiger charge is -2.31. The van der Waals surface area contributed by atoms with Crippen LogP contribution in [0.2, 0.25) is 0 Å². The molecule has 1 aromatic heterocycles. The van der Waals surface area contributed by atoms with Crippen LogP contribution in [0.25, 0.3) is 0 Å². The summed E-state index contributed by atoms with van der Waals surface area (Å²) in [7, 11) is 3.55. The van der Waals surface area contributed by atoms with Gasteiger partial charge in [-0.05, 0) is 44.4 Å². The van der Waals surface area contributed by atoms with E-state index in [1.165, 1.54) is 18.4 Å². The van der Waals surface area contributed by atoms with E-state index in [0.29, 0.717) is 0 Å². The van der Waals surface area contributed by atoms with E-state index < -0.39 is 5.60 Å². The molecule has 0 bridgehead atoms. The van der Waals surface area contributed by atoms with Gasteiger partial charge in [-0.25, -0.2) is 4.99 Å². The van der Waals surface area contributed by atoms with Crippen LogP contribution in [0.15, 0.2) is 41.7 Å². The zero-order chi connectivity index (χ0) is 21.6. The number of aliphatic hydroxyl groups is 1. The molecule has 0 saturated heterocycles. The van der Waals surface area contributed by atoms with E-state index >= 15 is 0 Å². The number of guanidine groups is 1. The average Bonchev–Trinajstić information content (AvgIpc) is 3.40. The molecule has 0 radical (unpaired) electrons. The number of aliphatic imine (C=N–C) groups is 1. The first-order chi connectivity index (χ1) is 14.4. The molecule has 0 aliphatic heterocycles. The Kier molecular flexibility index (Phi) is 9.17. The Morgan fingerprint density at radius 3 is 2.68 bits per heavy atom. The van der Waals surface area contributed by atoms with Crippen LogP contribution in [0.5, 0.6) is 5.75 Å². The molecule has 1 atom stereocenters. The molecule has 0 amide bonds. The zero-order valence-electron chi connectivity index (χ0n) is 19.0. The van der Waals surface area contributed by atoms with Crippen molar-refractivity contribution in [1.82, 2.24) is 20.4 Å². The van der Waals surface area contributed by atoms with E-state index in [-0.39, 0.29) is 35.9 Å². The fourth-order valence-electron chi connectivity index (χ4n) is 4.19. The molecule has 1 aliphatic carbocycles. The number of halogens is 1. The monoisotopic (exact) mass is 541 g/mol. The van der Waals surface area contributed by atoms with Gasteiger partial charge in [-0.1, -0.05) is 25.0 Å². The molecule has 0 spiro atoms. The van der Waals surface area contributed by atoms with Crippen molar-refractivity contribution in [3.63, 3.8) is 0 Å². The highest BCUT2D eigenvalue weighted by Gasteiger charge is 2.36. The van der Waals surface area contributed by atoms with Crippen LogP contribution in [-0.2, 0) is 18.1 Å². The summed E-state index contributed by atoms with van der Waals surface area (Å²) in [5.74, 6) is 1.61. The highest BCUT2D eigenvalue weighted by atomic mass is 127. The molecule has 3 N–H and O–H groups in total. The van der Waals surface area contributed by atoms with Crippen molar-refractivity contribution < 1.29 is 9.84 Å². The SMILES string of the molecule is CCNC(=NCC(C)(O)c1cnn(C)c1)NCC1(c2cccc(OC)c2)CCCC1.I. The molecule has 172 valence electrons. The van der Waals surface area contributed by atoms with Crippen molar-refractivity contribution in [2.45, 2.75) is 50.5 Å². The topological polar surface area (TPSA) is 83.7 Å². The minimum Gasteiger partial charge on any atom is -0.497 e. The number of methoxy groups -OCH3 is 1. The van der Waals surface area contributed by atoms with E-state index in [0.717, 1.165) is 43.2 Å². The van der Waals surface area contributed by atoms with Crippen LogP contribution >= 0.6 is 24.0 Å². The third-order valence-corrected chi connectivity index (χ3v) is 6.05. The number of aromatic nitrogens is 2. The first-order valence-corrected chi connectivity index (χ1v) is 10.8. The van der Waals surface area contributed by atoms with Gasteiger partial charge in [-0.2, -0.15) is 5.10 Å².